The Balaban J connectivity index is 2.51. The Labute approximate surface area is 124 Å². The molecule has 0 aromatic heterocycles. The molecule has 1 aromatic rings. The molecule has 114 valence electrons. The van der Waals surface area contributed by atoms with Crippen LogP contribution in [-0.4, -0.2) is 24.6 Å². The third kappa shape index (κ3) is 2.72. The Bertz CT molecular complexity index is 652. The standard InChI is InChI=1S/C15H19NO4S/c1-10(2)14-13(16(17)18)9-11(3)15(14)21(19,20)12-7-5-4-6-8-12/h4-8,10,13-15H,3,9H2,1-2H3/t13-,14+,15+/m1/s1. The van der Waals surface area contributed by atoms with Gasteiger partial charge in [0.25, 0.3) is 0 Å². The van der Waals surface area contributed by atoms with Crippen molar-refractivity contribution in [3.05, 3.63) is 52.6 Å². The van der Waals surface area contributed by atoms with Gasteiger partial charge in [-0.2, -0.15) is 0 Å². The molecule has 1 aromatic carbocycles. The van der Waals surface area contributed by atoms with Gasteiger partial charge in [0.2, 0.25) is 6.04 Å². The zero-order valence-corrected chi connectivity index (χ0v) is 12.9. The molecular formula is C15H19NO4S. The predicted molar refractivity (Wildman–Crippen MR) is 80.3 cm³/mol. The molecule has 1 fully saturated rings. The molecule has 0 bridgehead atoms. The highest BCUT2D eigenvalue weighted by molar-refractivity contribution is 7.92. The number of benzene rings is 1. The van der Waals surface area contributed by atoms with Crippen molar-refractivity contribution >= 4 is 9.84 Å². The zero-order valence-electron chi connectivity index (χ0n) is 12.1. The Morgan fingerprint density at radius 1 is 1.29 bits per heavy atom. The summed E-state index contributed by atoms with van der Waals surface area (Å²) in [5.41, 5.74) is 0.444. The summed E-state index contributed by atoms with van der Waals surface area (Å²) in [5.74, 6) is -0.652. The van der Waals surface area contributed by atoms with Crippen molar-refractivity contribution in [2.45, 2.75) is 36.5 Å². The predicted octanol–water partition coefficient (Wildman–Crippen LogP) is 2.71. The lowest BCUT2D eigenvalue weighted by Gasteiger charge is -2.24. The van der Waals surface area contributed by atoms with Gasteiger partial charge in [-0.1, -0.05) is 44.2 Å². The van der Waals surface area contributed by atoms with Crippen LogP contribution in [0, 0.1) is 22.0 Å². The normalized spacial score (nSPS) is 26.2. The number of nitrogens with zero attached hydrogens (tertiary/aromatic N) is 1. The molecule has 3 atom stereocenters. The van der Waals surface area contributed by atoms with E-state index in [0.717, 1.165) is 0 Å². The number of hydrogen-bond acceptors (Lipinski definition) is 4. The molecule has 0 heterocycles. The summed E-state index contributed by atoms with van der Waals surface area (Å²) in [6.07, 6.45) is 0.132. The van der Waals surface area contributed by atoms with Crippen molar-refractivity contribution in [1.29, 1.82) is 0 Å². The monoisotopic (exact) mass is 309 g/mol. The Kier molecular flexibility index (Phi) is 4.18. The molecule has 5 nitrogen and oxygen atoms in total. The summed E-state index contributed by atoms with van der Waals surface area (Å²) in [7, 11) is -3.65. The van der Waals surface area contributed by atoms with Crippen LogP contribution in [0.1, 0.15) is 20.3 Å². The van der Waals surface area contributed by atoms with Gasteiger partial charge in [0, 0.05) is 11.3 Å². The maximum atomic E-state index is 12.8. The zero-order chi connectivity index (χ0) is 15.8. The second-order valence-corrected chi connectivity index (χ2v) is 7.88. The lowest BCUT2D eigenvalue weighted by Crippen LogP contribution is -2.37. The first-order valence-corrected chi connectivity index (χ1v) is 8.41. The fourth-order valence-corrected chi connectivity index (χ4v) is 5.46. The molecule has 0 amide bonds. The second kappa shape index (κ2) is 5.60. The minimum Gasteiger partial charge on any atom is -0.264 e. The van der Waals surface area contributed by atoms with Gasteiger partial charge in [-0.25, -0.2) is 8.42 Å². The Hall–Kier alpha value is -1.69. The maximum Gasteiger partial charge on any atom is 0.221 e. The first-order chi connectivity index (χ1) is 9.76. The third-order valence-electron chi connectivity index (χ3n) is 4.11. The van der Waals surface area contributed by atoms with Gasteiger partial charge in [0.1, 0.15) is 0 Å². The highest BCUT2D eigenvalue weighted by Gasteiger charge is 2.53. The molecule has 0 N–H and O–H groups in total. The van der Waals surface area contributed by atoms with Crippen molar-refractivity contribution in [2.75, 3.05) is 0 Å². The Morgan fingerprint density at radius 2 is 1.86 bits per heavy atom. The molecule has 21 heavy (non-hydrogen) atoms. The van der Waals surface area contributed by atoms with Crippen LogP contribution in [0.2, 0.25) is 0 Å². The van der Waals surface area contributed by atoms with E-state index < -0.39 is 27.0 Å². The summed E-state index contributed by atoms with van der Waals surface area (Å²) in [4.78, 5) is 11.1. The quantitative estimate of drug-likeness (QED) is 0.487. The summed E-state index contributed by atoms with van der Waals surface area (Å²) >= 11 is 0. The van der Waals surface area contributed by atoms with E-state index in [2.05, 4.69) is 6.58 Å². The highest BCUT2D eigenvalue weighted by Crippen LogP contribution is 2.42. The van der Waals surface area contributed by atoms with Gasteiger partial charge < -0.3 is 0 Å². The van der Waals surface area contributed by atoms with Crippen LogP contribution in [0.5, 0.6) is 0 Å². The largest absolute Gasteiger partial charge is 0.264 e. The van der Waals surface area contributed by atoms with Crippen LogP contribution in [0.15, 0.2) is 47.4 Å². The molecule has 6 heteroatoms. The summed E-state index contributed by atoms with van der Waals surface area (Å²) in [6.45, 7) is 7.46. The first kappa shape index (κ1) is 15.7. The van der Waals surface area contributed by atoms with Crippen molar-refractivity contribution in [2.24, 2.45) is 11.8 Å². The molecule has 0 unspecified atom stereocenters. The SMILES string of the molecule is C=C1C[C@@H]([N+](=O)[O-])[C@H](C(C)C)[C@H]1S(=O)(=O)c1ccccc1. The van der Waals surface area contributed by atoms with E-state index in [0.29, 0.717) is 5.57 Å². The average molecular weight is 309 g/mol. The van der Waals surface area contributed by atoms with E-state index in [1.54, 1.807) is 18.2 Å². The molecule has 0 saturated heterocycles. The van der Waals surface area contributed by atoms with E-state index in [1.807, 2.05) is 13.8 Å². The third-order valence-corrected chi connectivity index (χ3v) is 6.36. The van der Waals surface area contributed by atoms with Gasteiger partial charge in [0.05, 0.1) is 16.1 Å². The van der Waals surface area contributed by atoms with Crippen LogP contribution in [0.3, 0.4) is 0 Å². The fraction of sp³-hybridized carbons (Fsp3) is 0.467. The van der Waals surface area contributed by atoms with Crippen LogP contribution in [-0.2, 0) is 9.84 Å². The van der Waals surface area contributed by atoms with E-state index in [9.17, 15) is 18.5 Å². The lowest BCUT2D eigenvalue weighted by molar-refractivity contribution is -0.529. The number of rotatable bonds is 4. The molecule has 0 aliphatic heterocycles. The van der Waals surface area contributed by atoms with Gasteiger partial charge in [-0.15, -0.1) is 0 Å². The summed E-state index contributed by atoms with van der Waals surface area (Å²) < 4.78 is 25.7. The van der Waals surface area contributed by atoms with E-state index in [-0.39, 0.29) is 22.2 Å². The average Bonchev–Trinajstić information content (AvgIpc) is 2.78. The summed E-state index contributed by atoms with van der Waals surface area (Å²) in [5, 5.41) is 10.4. The minimum atomic E-state index is -3.65. The Morgan fingerprint density at radius 3 is 2.33 bits per heavy atom. The van der Waals surface area contributed by atoms with E-state index >= 15 is 0 Å². The molecule has 2 rings (SSSR count). The maximum absolute atomic E-state index is 12.8. The van der Waals surface area contributed by atoms with Crippen LogP contribution in [0.25, 0.3) is 0 Å². The van der Waals surface area contributed by atoms with Crippen molar-refractivity contribution < 1.29 is 13.3 Å². The molecule has 1 aliphatic carbocycles. The molecule has 1 saturated carbocycles. The van der Waals surface area contributed by atoms with Gasteiger partial charge in [0.15, 0.2) is 9.84 Å². The second-order valence-electron chi connectivity index (χ2n) is 5.82. The first-order valence-electron chi connectivity index (χ1n) is 6.87. The smallest absolute Gasteiger partial charge is 0.221 e. The molecule has 0 radical (unpaired) electrons. The minimum absolute atomic E-state index is 0.108. The van der Waals surface area contributed by atoms with Crippen LogP contribution < -0.4 is 0 Å². The van der Waals surface area contributed by atoms with Crippen molar-refractivity contribution in [3.63, 3.8) is 0 Å². The van der Waals surface area contributed by atoms with Crippen molar-refractivity contribution in [1.82, 2.24) is 0 Å². The topological polar surface area (TPSA) is 77.3 Å². The molecule has 0 spiro atoms. The van der Waals surface area contributed by atoms with Crippen molar-refractivity contribution in [3.8, 4) is 0 Å². The highest BCUT2D eigenvalue weighted by atomic mass is 32.2. The van der Waals surface area contributed by atoms with E-state index in [4.69, 9.17) is 0 Å². The number of nitro groups is 1. The van der Waals surface area contributed by atoms with Crippen LogP contribution >= 0.6 is 0 Å². The molecular weight excluding hydrogens is 290 g/mol. The van der Waals surface area contributed by atoms with Gasteiger partial charge in [-0.05, 0) is 18.1 Å². The number of sulfone groups is 1. The molecule has 1 aliphatic rings. The van der Waals surface area contributed by atoms with Gasteiger partial charge in [-0.3, -0.25) is 10.1 Å². The lowest BCUT2D eigenvalue weighted by atomic mass is 9.91. The van der Waals surface area contributed by atoms with Gasteiger partial charge >= 0.3 is 0 Å². The summed E-state index contributed by atoms with van der Waals surface area (Å²) in [6, 6.07) is 7.22. The number of hydrogen-bond donors (Lipinski definition) is 0. The fourth-order valence-electron chi connectivity index (χ4n) is 3.19. The van der Waals surface area contributed by atoms with Crippen LogP contribution in [0.4, 0.5) is 0 Å². The van der Waals surface area contributed by atoms with E-state index in [1.165, 1.54) is 12.1 Å².